The Hall–Kier alpha value is -0.610. The molecular formula is C15H31N3O. The van der Waals surface area contributed by atoms with Crippen LogP contribution in [0.25, 0.3) is 0 Å². The molecule has 4 nitrogen and oxygen atoms in total. The second kappa shape index (κ2) is 7.25. The van der Waals surface area contributed by atoms with E-state index >= 15 is 0 Å². The first kappa shape index (κ1) is 16.4. The molecule has 19 heavy (non-hydrogen) atoms. The third-order valence-electron chi connectivity index (χ3n) is 4.04. The number of hydrogen-bond donors (Lipinski definition) is 2. The predicted octanol–water partition coefficient (Wildman–Crippen LogP) is 1.61. The molecule has 4 heteroatoms. The molecule has 0 saturated carbocycles. The Labute approximate surface area is 118 Å². The molecule has 1 aliphatic heterocycles. The van der Waals surface area contributed by atoms with E-state index in [4.69, 9.17) is 0 Å². The van der Waals surface area contributed by atoms with E-state index in [9.17, 15) is 4.79 Å². The molecule has 0 radical (unpaired) electrons. The topological polar surface area (TPSA) is 44.4 Å². The smallest absolute Gasteiger partial charge is 0.240 e. The number of rotatable bonds is 7. The minimum absolute atomic E-state index is 0.201. The van der Waals surface area contributed by atoms with Gasteiger partial charge in [0.15, 0.2) is 0 Å². The third-order valence-corrected chi connectivity index (χ3v) is 4.04. The van der Waals surface area contributed by atoms with Crippen LogP contribution in [-0.4, -0.2) is 49.6 Å². The van der Waals surface area contributed by atoms with Crippen LogP contribution in [0.4, 0.5) is 0 Å². The first-order valence-corrected chi connectivity index (χ1v) is 7.62. The minimum atomic E-state index is -0.311. The van der Waals surface area contributed by atoms with E-state index < -0.39 is 0 Å². The molecule has 0 aliphatic carbocycles. The molecule has 0 aromatic rings. The van der Waals surface area contributed by atoms with E-state index in [0.29, 0.717) is 5.92 Å². The summed E-state index contributed by atoms with van der Waals surface area (Å²) in [6.07, 6.45) is 4.05. The lowest BCUT2D eigenvalue weighted by Crippen LogP contribution is -2.58. The fourth-order valence-corrected chi connectivity index (χ4v) is 2.88. The molecule has 1 saturated heterocycles. The summed E-state index contributed by atoms with van der Waals surface area (Å²) in [4.78, 5) is 14.8. The van der Waals surface area contributed by atoms with Crippen molar-refractivity contribution in [2.24, 2.45) is 5.92 Å². The van der Waals surface area contributed by atoms with Gasteiger partial charge in [0, 0.05) is 12.6 Å². The van der Waals surface area contributed by atoms with Gasteiger partial charge >= 0.3 is 0 Å². The Morgan fingerprint density at radius 2 is 2.11 bits per heavy atom. The van der Waals surface area contributed by atoms with Crippen molar-refractivity contribution in [3.8, 4) is 0 Å². The summed E-state index contributed by atoms with van der Waals surface area (Å²) in [5, 5.41) is 6.72. The van der Waals surface area contributed by atoms with Gasteiger partial charge in [-0.15, -0.1) is 0 Å². The summed E-state index contributed by atoms with van der Waals surface area (Å²) in [7, 11) is 4.11. The van der Waals surface area contributed by atoms with Crippen molar-refractivity contribution in [1.82, 2.24) is 15.5 Å². The second-order valence-corrected chi connectivity index (χ2v) is 6.45. The van der Waals surface area contributed by atoms with Gasteiger partial charge in [-0.25, -0.2) is 0 Å². The van der Waals surface area contributed by atoms with Crippen molar-refractivity contribution in [2.45, 2.75) is 58.0 Å². The summed E-state index contributed by atoms with van der Waals surface area (Å²) in [6, 6.07) is 0.221. The highest BCUT2D eigenvalue weighted by atomic mass is 16.2. The van der Waals surface area contributed by atoms with Gasteiger partial charge in [-0.1, -0.05) is 27.2 Å². The van der Waals surface area contributed by atoms with Crippen molar-refractivity contribution in [2.75, 3.05) is 27.2 Å². The number of nitrogens with zero attached hydrogens (tertiary/aromatic N) is 1. The second-order valence-electron chi connectivity index (χ2n) is 6.45. The Morgan fingerprint density at radius 3 is 2.53 bits per heavy atom. The van der Waals surface area contributed by atoms with Crippen LogP contribution in [-0.2, 0) is 4.79 Å². The van der Waals surface area contributed by atoms with Crippen molar-refractivity contribution < 1.29 is 4.79 Å². The van der Waals surface area contributed by atoms with Gasteiger partial charge in [0.1, 0.15) is 0 Å². The zero-order valence-electron chi connectivity index (χ0n) is 13.3. The van der Waals surface area contributed by atoms with E-state index in [-0.39, 0.29) is 17.5 Å². The summed E-state index contributed by atoms with van der Waals surface area (Å²) in [5.74, 6) is 0.652. The Kier molecular flexibility index (Phi) is 6.27. The number of nitrogens with one attached hydrogen (secondary N) is 2. The third kappa shape index (κ3) is 4.46. The highest BCUT2D eigenvalue weighted by Gasteiger charge is 2.40. The highest BCUT2D eigenvalue weighted by Crippen LogP contribution is 2.25. The van der Waals surface area contributed by atoms with E-state index in [1.165, 1.54) is 0 Å². The lowest BCUT2D eigenvalue weighted by Gasteiger charge is -2.33. The van der Waals surface area contributed by atoms with Crippen molar-refractivity contribution in [3.63, 3.8) is 0 Å². The van der Waals surface area contributed by atoms with E-state index in [0.717, 1.165) is 38.8 Å². The molecule has 2 unspecified atom stereocenters. The van der Waals surface area contributed by atoms with Gasteiger partial charge in [0.25, 0.3) is 0 Å². The normalized spacial score (nSPS) is 25.0. The van der Waals surface area contributed by atoms with Crippen LogP contribution < -0.4 is 10.6 Å². The largest absolute Gasteiger partial charge is 0.350 e. The van der Waals surface area contributed by atoms with Gasteiger partial charge in [-0.3, -0.25) is 4.79 Å². The highest BCUT2D eigenvalue weighted by molar-refractivity contribution is 5.87. The van der Waals surface area contributed by atoms with E-state index in [1.807, 2.05) is 0 Å². The summed E-state index contributed by atoms with van der Waals surface area (Å²) in [6.45, 7) is 8.35. The quantitative estimate of drug-likeness (QED) is 0.738. The fourth-order valence-electron chi connectivity index (χ4n) is 2.88. The van der Waals surface area contributed by atoms with Gasteiger partial charge in [0.05, 0.1) is 5.54 Å². The lowest BCUT2D eigenvalue weighted by atomic mass is 9.90. The zero-order valence-corrected chi connectivity index (χ0v) is 13.3. The van der Waals surface area contributed by atoms with Crippen LogP contribution >= 0.6 is 0 Å². The van der Waals surface area contributed by atoms with E-state index in [2.05, 4.69) is 50.4 Å². The molecule has 0 aromatic heterocycles. The van der Waals surface area contributed by atoms with Crippen molar-refractivity contribution in [1.29, 1.82) is 0 Å². The lowest BCUT2D eigenvalue weighted by molar-refractivity contribution is -0.128. The van der Waals surface area contributed by atoms with Crippen LogP contribution in [0.1, 0.15) is 46.5 Å². The number of likely N-dealkylation sites (N-methyl/N-ethyl adjacent to an activating group) is 1. The molecule has 2 atom stereocenters. The van der Waals surface area contributed by atoms with Crippen LogP contribution in [0.2, 0.25) is 0 Å². The van der Waals surface area contributed by atoms with Gasteiger partial charge in [-0.05, 0) is 45.8 Å². The summed E-state index contributed by atoms with van der Waals surface area (Å²) < 4.78 is 0. The average molecular weight is 269 g/mol. The van der Waals surface area contributed by atoms with E-state index in [1.54, 1.807) is 0 Å². The molecule has 0 bridgehead atoms. The average Bonchev–Trinajstić information content (AvgIpc) is 2.77. The van der Waals surface area contributed by atoms with Crippen LogP contribution in [0.3, 0.4) is 0 Å². The molecule has 112 valence electrons. The molecule has 1 heterocycles. The fraction of sp³-hybridized carbons (Fsp3) is 0.933. The monoisotopic (exact) mass is 269 g/mol. The number of amides is 1. The Bertz CT molecular complexity index is 283. The number of carbonyl (C=O) groups is 1. The van der Waals surface area contributed by atoms with Crippen LogP contribution in [0.5, 0.6) is 0 Å². The Balaban J connectivity index is 2.68. The number of hydrogen-bond acceptors (Lipinski definition) is 3. The standard InChI is InChI=1S/C15H31N3O/c1-6-8-15(9-7-10-16-15)14(19)17-13(12(2)3)11-18(4)5/h12-13,16H,6-11H2,1-5H3,(H,17,19). The maximum atomic E-state index is 12.7. The molecular weight excluding hydrogens is 238 g/mol. The van der Waals surface area contributed by atoms with Gasteiger partial charge in [0.2, 0.25) is 5.91 Å². The minimum Gasteiger partial charge on any atom is -0.350 e. The zero-order chi connectivity index (χ0) is 14.5. The molecule has 1 fully saturated rings. The van der Waals surface area contributed by atoms with Gasteiger partial charge < -0.3 is 15.5 Å². The first-order chi connectivity index (χ1) is 8.91. The molecule has 0 aromatic carbocycles. The van der Waals surface area contributed by atoms with Crippen molar-refractivity contribution >= 4 is 5.91 Å². The molecule has 0 spiro atoms. The maximum Gasteiger partial charge on any atom is 0.240 e. The summed E-state index contributed by atoms with van der Waals surface area (Å²) >= 11 is 0. The SMILES string of the molecule is CCCC1(C(=O)NC(CN(C)C)C(C)C)CCCN1. The first-order valence-electron chi connectivity index (χ1n) is 7.62. The van der Waals surface area contributed by atoms with Gasteiger partial charge in [-0.2, -0.15) is 0 Å². The molecule has 1 amide bonds. The molecule has 2 N–H and O–H groups in total. The predicted molar refractivity (Wildman–Crippen MR) is 80.2 cm³/mol. The molecule has 1 rings (SSSR count). The Morgan fingerprint density at radius 1 is 1.42 bits per heavy atom. The number of carbonyl (C=O) groups excluding carboxylic acids is 1. The summed E-state index contributed by atoms with van der Waals surface area (Å²) in [5.41, 5.74) is -0.311. The van der Waals surface area contributed by atoms with Crippen LogP contribution in [0, 0.1) is 5.92 Å². The molecule has 1 aliphatic rings. The maximum absolute atomic E-state index is 12.7. The van der Waals surface area contributed by atoms with Crippen LogP contribution in [0.15, 0.2) is 0 Å². The van der Waals surface area contributed by atoms with Crippen molar-refractivity contribution in [3.05, 3.63) is 0 Å².